The molecule has 0 aromatic heterocycles. The van der Waals surface area contributed by atoms with Gasteiger partial charge in [0.05, 0.1) is 0 Å². The molecule has 14 heavy (non-hydrogen) atoms. The van der Waals surface area contributed by atoms with Gasteiger partial charge in [0.15, 0.2) is 5.56 Å². The van der Waals surface area contributed by atoms with E-state index in [0.717, 1.165) is 26.2 Å². The van der Waals surface area contributed by atoms with E-state index in [9.17, 15) is 4.79 Å². The van der Waals surface area contributed by atoms with Gasteiger partial charge in [-0.1, -0.05) is 11.6 Å². The zero-order valence-corrected chi connectivity index (χ0v) is 9.98. The maximum atomic E-state index is 11.3. The van der Waals surface area contributed by atoms with Crippen molar-refractivity contribution in [3.8, 4) is 0 Å². The lowest BCUT2D eigenvalue weighted by Gasteiger charge is -2.31. The number of likely N-dealkylation sites (N-methyl/N-ethyl adjacent to an activating group) is 1. The molecular weight excluding hydrogens is 227 g/mol. The lowest BCUT2D eigenvalue weighted by Crippen LogP contribution is -2.47. The molecule has 84 valence electrons. The van der Waals surface area contributed by atoms with Gasteiger partial charge in [0, 0.05) is 26.2 Å². The van der Waals surface area contributed by atoms with E-state index in [-0.39, 0.29) is 18.5 Å². The molecule has 1 atom stereocenters. The smallest absolute Gasteiger partial charge is 0.411 e. The minimum atomic E-state index is -0.549. The normalized spacial score (nSPS) is 19.8. The zero-order chi connectivity index (χ0) is 9.84. The molecule has 1 aliphatic heterocycles. The van der Waals surface area contributed by atoms with E-state index in [0.29, 0.717) is 0 Å². The van der Waals surface area contributed by atoms with Gasteiger partial charge in [-0.05, 0) is 14.0 Å². The van der Waals surface area contributed by atoms with Crippen LogP contribution in [0.25, 0.3) is 0 Å². The van der Waals surface area contributed by atoms with Crippen molar-refractivity contribution >= 4 is 30.1 Å². The number of piperazine rings is 1. The largest absolute Gasteiger partial charge is 0.430 e. The number of hydrogen-bond donors (Lipinski definition) is 0. The molecule has 1 rings (SSSR count). The number of rotatable bonds is 1. The van der Waals surface area contributed by atoms with E-state index in [1.165, 1.54) is 0 Å². The third-order valence-electron chi connectivity index (χ3n) is 2.02. The maximum Gasteiger partial charge on any atom is 0.411 e. The fourth-order valence-corrected chi connectivity index (χ4v) is 1.28. The second kappa shape index (κ2) is 6.32. The fraction of sp³-hybridized carbons (Fsp3) is 0.875. The first-order valence-corrected chi connectivity index (χ1v) is 4.81. The van der Waals surface area contributed by atoms with Crippen molar-refractivity contribution in [3.05, 3.63) is 0 Å². The van der Waals surface area contributed by atoms with Gasteiger partial charge in [0.1, 0.15) is 0 Å². The van der Waals surface area contributed by atoms with E-state index in [1.54, 1.807) is 11.8 Å². The van der Waals surface area contributed by atoms with Crippen LogP contribution in [0.15, 0.2) is 0 Å². The van der Waals surface area contributed by atoms with Crippen LogP contribution in [0.1, 0.15) is 6.92 Å². The van der Waals surface area contributed by atoms with E-state index in [2.05, 4.69) is 4.90 Å². The van der Waals surface area contributed by atoms with Crippen molar-refractivity contribution in [1.29, 1.82) is 0 Å². The van der Waals surface area contributed by atoms with Gasteiger partial charge in [0.2, 0.25) is 0 Å². The van der Waals surface area contributed by atoms with Gasteiger partial charge < -0.3 is 14.5 Å². The van der Waals surface area contributed by atoms with Crippen LogP contribution in [0.2, 0.25) is 0 Å². The van der Waals surface area contributed by atoms with Crippen LogP contribution >= 0.6 is 24.0 Å². The van der Waals surface area contributed by atoms with Gasteiger partial charge in [-0.25, -0.2) is 4.79 Å². The highest BCUT2D eigenvalue weighted by Crippen LogP contribution is 2.05. The Balaban J connectivity index is 0.00000169. The highest BCUT2D eigenvalue weighted by molar-refractivity contribution is 6.19. The molecule has 1 aliphatic rings. The number of carbonyl (C=O) groups is 1. The first-order valence-electron chi connectivity index (χ1n) is 4.38. The summed E-state index contributed by atoms with van der Waals surface area (Å²) in [5.74, 6) is 0. The molecule has 0 spiro atoms. The van der Waals surface area contributed by atoms with Gasteiger partial charge in [-0.2, -0.15) is 0 Å². The summed E-state index contributed by atoms with van der Waals surface area (Å²) in [7, 11) is 2.03. The molecule has 0 bridgehead atoms. The summed E-state index contributed by atoms with van der Waals surface area (Å²) in [5, 5.41) is 0. The number of nitrogens with zero attached hydrogens (tertiary/aromatic N) is 2. The van der Waals surface area contributed by atoms with Crippen LogP contribution in [-0.2, 0) is 4.74 Å². The molecule has 0 saturated carbocycles. The van der Waals surface area contributed by atoms with Crippen LogP contribution in [0, 0.1) is 0 Å². The van der Waals surface area contributed by atoms with Crippen LogP contribution in [-0.4, -0.2) is 54.7 Å². The third-order valence-corrected chi connectivity index (χ3v) is 2.11. The van der Waals surface area contributed by atoms with Gasteiger partial charge in [-0.3, -0.25) is 0 Å². The molecule has 0 aliphatic carbocycles. The number of carbonyl (C=O) groups excluding carboxylic acids is 1. The standard InChI is InChI=1S/C8H15ClN2O2.ClH/c1-7(9)13-8(12)11-5-3-10(2)4-6-11;/h7H,3-6H2,1-2H3;1H. The monoisotopic (exact) mass is 242 g/mol. The van der Waals surface area contributed by atoms with E-state index in [1.807, 2.05) is 7.05 Å². The van der Waals surface area contributed by atoms with Crippen LogP contribution in [0.3, 0.4) is 0 Å². The topological polar surface area (TPSA) is 32.8 Å². The van der Waals surface area contributed by atoms with Crippen LogP contribution in [0.5, 0.6) is 0 Å². The summed E-state index contributed by atoms with van der Waals surface area (Å²) in [5.41, 5.74) is -0.549. The lowest BCUT2D eigenvalue weighted by atomic mass is 10.3. The minimum absolute atomic E-state index is 0. The predicted molar refractivity (Wildman–Crippen MR) is 58.1 cm³/mol. The van der Waals surface area contributed by atoms with Gasteiger partial charge >= 0.3 is 6.09 Å². The lowest BCUT2D eigenvalue weighted by molar-refractivity contribution is 0.0766. The van der Waals surface area contributed by atoms with Gasteiger partial charge in [-0.15, -0.1) is 12.4 Å². The summed E-state index contributed by atoms with van der Waals surface area (Å²) in [6.45, 7) is 4.87. The van der Waals surface area contributed by atoms with Crippen molar-refractivity contribution in [2.45, 2.75) is 12.5 Å². The van der Waals surface area contributed by atoms with E-state index >= 15 is 0 Å². The Bertz CT molecular complexity index is 182. The maximum absolute atomic E-state index is 11.3. The quantitative estimate of drug-likeness (QED) is 0.652. The Hall–Kier alpha value is -0.190. The summed E-state index contributed by atoms with van der Waals surface area (Å²) in [6, 6.07) is 0. The Kier molecular flexibility index (Phi) is 6.24. The molecular formula is C8H16Cl2N2O2. The first-order chi connectivity index (χ1) is 6.09. The molecule has 0 radical (unpaired) electrons. The average Bonchev–Trinajstić information content (AvgIpc) is 2.04. The van der Waals surface area contributed by atoms with Crippen LogP contribution in [0.4, 0.5) is 4.79 Å². The predicted octanol–water partition coefficient (Wildman–Crippen LogP) is 1.38. The molecule has 4 nitrogen and oxygen atoms in total. The molecule has 0 aromatic rings. The summed E-state index contributed by atoms with van der Waals surface area (Å²) < 4.78 is 4.86. The minimum Gasteiger partial charge on any atom is -0.430 e. The second-order valence-corrected chi connectivity index (χ2v) is 3.83. The molecule has 1 fully saturated rings. The van der Waals surface area contributed by atoms with Crippen molar-refractivity contribution < 1.29 is 9.53 Å². The fourth-order valence-electron chi connectivity index (χ4n) is 1.20. The van der Waals surface area contributed by atoms with Crippen molar-refractivity contribution in [2.24, 2.45) is 0 Å². The highest BCUT2D eigenvalue weighted by atomic mass is 35.5. The molecule has 0 N–H and O–H groups in total. The molecule has 1 unspecified atom stereocenters. The number of hydrogen-bond acceptors (Lipinski definition) is 3. The summed E-state index contributed by atoms with van der Waals surface area (Å²) in [6.07, 6.45) is -0.310. The zero-order valence-electron chi connectivity index (χ0n) is 8.40. The number of amides is 1. The van der Waals surface area contributed by atoms with Gasteiger partial charge in [0.25, 0.3) is 0 Å². The SMILES string of the molecule is CC(Cl)OC(=O)N1CCN(C)CC1.Cl. The van der Waals surface area contributed by atoms with E-state index in [4.69, 9.17) is 16.3 Å². The van der Waals surface area contributed by atoms with Crippen molar-refractivity contribution in [3.63, 3.8) is 0 Å². The molecule has 6 heteroatoms. The molecule has 0 aromatic carbocycles. The third kappa shape index (κ3) is 4.35. The summed E-state index contributed by atoms with van der Waals surface area (Å²) in [4.78, 5) is 15.2. The number of alkyl halides is 1. The Labute approximate surface area is 95.5 Å². The Morgan fingerprint density at radius 1 is 1.36 bits per heavy atom. The average molecular weight is 243 g/mol. The Morgan fingerprint density at radius 2 is 1.86 bits per heavy atom. The highest BCUT2D eigenvalue weighted by Gasteiger charge is 2.20. The second-order valence-electron chi connectivity index (χ2n) is 3.22. The van der Waals surface area contributed by atoms with Crippen molar-refractivity contribution in [2.75, 3.05) is 33.2 Å². The van der Waals surface area contributed by atoms with E-state index < -0.39 is 5.56 Å². The number of halogens is 2. The molecule has 1 heterocycles. The molecule has 1 amide bonds. The number of ether oxygens (including phenoxy) is 1. The van der Waals surface area contributed by atoms with Crippen LogP contribution < -0.4 is 0 Å². The first kappa shape index (κ1) is 13.8. The van der Waals surface area contributed by atoms with Crippen molar-refractivity contribution in [1.82, 2.24) is 9.80 Å². The summed E-state index contributed by atoms with van der Waals surface area (Å²) >= 11 is 5.54. The molecule has 1 saturated heterocycles. The Morgan fingerprint density at radius 3 is 2.29 bits per heavy atom.